The molecule has 0 aliphatic carbocycles. The molecule has 3 aromatic rings. The molecule has 6 nitrogen and oxygen atoms in total. The van der Waals surface area contributed by atoms with E-state index in [1.807, 2.05) is 6.92 Å². The molecular weight excluding hydrogens is 266 g/mol. The van der Waals surface area contributed by atoms with E-state index in [2.05, 4.69) is 15.1 Å². The molecule has 7 heteroatoms. The minimum absolute atomic E-state index is 0.138. The Bertz CT molecular complexity index is 787. The van der Waals surface area contributed by atoms with Gasteiger partial charge in [-0.25, -0.2) is 14.5 Å². The van der Waals surface area contributed by atoms with E-state index in [1.165, 1.54) is 9.08 Å². The lowest BCUT2D eigenvalue weighted by Gasteiger charge is -2.06. The first-order valence-corrected chi connectivity index (χ1v) is 6.04. The van der Waals surface area contributed by atoms with Crippen LogP contribution < -0.4 is 5.56 Å². The molecule has 0 spiro atoms. The molecule has 0 N–H and O–H groups in total. The summed E-state index contributed by atoms with van der Waals surface area (Å²) in [4.78, 5) is 20.5. The molecule has 0 radical (unpaired) electrons. The Morgan fingerprint density at radius 3 is 2.95 bits per heavy atom. The van der Waals surface area contributed by atoms with Crippen LogP contribution >= 0.6 is 11.6 Å². The van der Waals surface area contributed by atoms with Gasteiger partial charge in [0.1, 0.15) is 16.5 Å². The van der Waals surface area contributed by atoms with Gasteiger partial charge in [0.2, 0.25) is 0 Å². The van der Waals surface area contributed by atoms with Gasteiger partial charge in [-0.3, -0.25) is 4.79 Å². The van der Waals surface area contributed by atoms with Gasteiger partial charge in [0.15, 0.2) is 0 Å². The van der Waals surface area contributed by atoms with E-state index in [1.54, 1.807) is 30.7 Å². The van der Waals surface area contributed by atoms with Crippen molar-refractivity contribution in [3.63, 3.8) is 0 Å². The zero-order chi connectivity index (χ0) is 13.4. The van der Waals surface area contributed by atoms with E-state index in [4.69, 9.17) is 11.6 Å². The summed E-state index contributed by atoms with van der Waals surface area (Å²) in [6.45, 7) is 2.11. The van der Waals surface area contributed by atoms with Crippen LogP contribution in [0.4, 0.5) is 0 Å². The van der Waals surface area contributed by atoms with Gasteiger partial charge in [-0.15, -0.1) is 0 Å². The van der Waals surface area contributed by atoms with Gasteiger partial charge in [-0.05, 0) is 19.1 Å². The Hall–Kier alpha value is -2.21. The van der Waals surface area contributed by atoms with Crippen LogP contribution in [0.15, 0.2) is 35.5 Å². The number of nitrogens with zero attached hydrogens (tertiary/aromatic N) is 5. The quantitative estimate of drug-likeness (QED) is 0.661. The molecule has 0 saturated heterocycles. The van der Waals surface area contributed by atoms with Crippen molar-refractivity contribution in [2.75, 3.05) is 0 Å². The van der Waals surface area contributed by atoms with Crippen LogP contribution in [-0.2, 0) is 6.54 Å². The largest absolute Gasteiger partial charge is 0.304 e. The van der Waals surface area contributed by atoms with Crippen LogP contribution in [0.1, 0.15) is 11.5 Å². The minimum Gasteiger partial charge on any atom is -0.304 e. The minimum atomic E-state index is -0.138. The maximum atomic E-state index is 12.2. The lowest BCUT2D eigenvalue weighted by molar-refractivity contribution is 0.701. The highest BCUT2D eigenvalue weighted by molar-refractivity contribution is 6.29. The summed E-state index contributed by atoms with van der Waals surface area (Å²) in [7, 11) is 0. The Kier molecular flexibility index (Phi) is 2.79. The Morgan fingerprint density at radius 1 is 1.32 bits per heavy atom. The van der Waals surface area contributed by atoms with Gasteiger partial charge >= 0.3 is 0 Å². The molecule has 3 heterocycles. The van der Waals surface area contributed by atoms with E-state index >= 15 is 0 Å². The molecule has 0 amide bonds. The molecule has 3 aromatic heterocycles. The third kappa shape index (κ3) is 2.22. The zero-order valence-corrected chi connectivity index (χ0v) is 10.9. The second-order valence-corrected chi connectivity index (χ2v) is 4.53. The van der Waals surface area contributed by atoms with Crippen LogP contribution in [0, 0.1) is 6.92 Å². The third-order valence-electron chi connectivity index (χ3n) is 2.72. The van der Waals surface area contributed by atoms with Crippen molar-refractivity contribution in [1.82, 2.24) is 24.1 Å². The van der Waals surface area contributed by atoms with Crippen LogP contribution in [0.25, 0.3) is 5.52 Å². The van der Waals surface area contributed by atoms with Crippen LogP contribution in [0.3, 0.4) is 0 Å². The second kappa shape index (κ2) is 4.47. The molecule has 0 saturated carbocycles. The predicted molar refractivity (Wildman–Crippen MR) is 70.3 cm³/mol. The Balaban J connectivity index is 2.05. The van der Waals surface area contributed by atoms with E-state index in [0.717, 1.165) is 5.69 Å². The lowest BCUT2D eigenvalue weighted by atomic mass is 10.4. The van der Waals surface area contributed by atoms with Crippen LogP contribution in [-0.4, -0.2) is 24.1 Å². The molecule has 0 atom stereocenters. The molecule has 0 aliphatic heterocycles. The zero-order valence-electron chi connectivity index (χ0n) is 10.1. The summed E-state index contributed by atoms with van der Waals surface area (Å²) < 4.78 is 3.06. The number of hydrogen-bond donors (Lipinski definition) is 0. The third-order valence-corrected chi connectivity index (χ3v) is 2.91. The average molecular weight is 276 g/mol. The highest BCUT2D eigenvalue weighted by Crippen LogP contribution is 2.07. The molecule has 3 rings (SSSR count). The number of fused-ring (bicyclic) bond motifs is 1. The monoisotopic (exact) mass is 275 g/mol. The normalized spacial score (nSPS) is 11.1. The van der Waals surface area contributed by atoms with Crippen LogP contribution in [0.5, 0.6) is 0 Å². The van der Waals surface area contributed by atoms with Gasteiger partial charge in [0.25, 0.3) is 5.56 Å². The SMILES string of the molecule is Cc1cc(Cl)nc(Cn2ccn3nccc3c2=O)n1. The first-order chi connectivity index (χ1) is 9.13. The fraction of sp³-hybridized carbons (Fsp3) is 0.167. The molecule has 0 unspecified atom stereocenters. The Labute approximate surface area is 113 Å². The summed E-state index contributed by atoms with van der Waals surface area (Å²) in [6, 6.07) is 3.34. The molecule has 0 aliphatic rings. The molecule has 19 heavy (non-hydrogen) atoms. The van der Waals surface area contributed by atoms with E-state index in [-0.39, 0.29) is 12.1 Å². The van der Waals surface area contributed by atoms with Crippen LogP contribution in [0.2, 0.25) is 5.15 Å². The number of aryl methyl sites for hydroxylation is 1. The summed E-state index contributed by atoms with van der Waals surface area (Å²) in [6.07, 6.45) is 4.96. The van der Waals surface area contributed by atoms with E-state index in [0.29, 0.717) is 16.5 Å². The van der Waals surface area contributed by atoms with E-state index < -0.39 is 0 Å². The number of rotatable bonds is 2. The van der Waals surface area contributed by atoms with Crippen molar-refractivity contribution >= 4 is 17.1 Å². The molecule has 0 fully saturated rings. The van der Waals surface area contributed by atoms with Gasteiger partial charge in [-0.1, -0.05) is 11.6 Å². The summed E-state index contributed by atoms with van der Waals surface area (Å²) in [5.74, 6) is 0.510. The summed E-state index contributed by atoms with van der Waals surface area (Å²) in [5, 5.41) is 4.38. The highest BCUT2D eigenvalue weighted by atomic mass is 35.5. The first-order valence-electron chi connectivity index (χ1n) is 5.66. The first kappa shape index (κ1) is 11.9. The van der Waals surface area contributed by atoms with Crippen molar-refractivity contribution in [1.29, 1.82) is 0 Å². The van der Waals surface area contributed by atoms with Gasteiger partial charge in [0, 0.05) is 18.1 Å². The predicted octanol–water partition coefficient (Wildman–Crippen LogP) is 1.30. The lowest BCUT2D eigenvalue weighted by Crippen LogP contribution is -2.22. The average Bonchev–Trinajstić information content (AvgIpc) is 2.80. The summed E-state index contributed by atoms with van der Waals surface area (Å²) >= 11 is 5.88. The fourth-order valence-corrected chi connectivity index (χ4v) is 2.15. The standard InChI is InChI=1S/C12H10ClN5O/c1-8-6-10(13)16-11(15-8)7-17-4-5-18-9(12(17)19)2-3-14-18/h2-6H,7H2,1H3. The van der Waals surface area contributed by atoms with Crippen molar-refractivity contribution in [3.05, 3.63) is 57.7 Å². The summed E-state index contributed by atoms with van der Waals surface area (Å²) in [5.41, 5.74) is 1.15. The number of aromatic nitrogens is 5. The highest BCUT2D eigenvalue weighted by Gasteiger charge is 2.06. The number of hydrogen-bond acceptors (Lipinski definition) is 4. The Morgan fingerprint density at radius 2 is 2.16 bits per heavy atom. The molecule has 0 aromatic carbocycles. The molecular formula is C12H10ClN5O. The van der Waals surface area contributed by atoms with Gasteiger partial charge < -0.3 is 4.57 Å². The van der Waals surface area contributed by atoms with Gasteiger partial charge in [0.05, 0.1) is 12.7 Å². The smallest absolute Gasteiger partial charge is 0.276 e. The molecule has 0 bridgehead atoms. The van der Waals surface area contributed by atoms with Crippen molar-refractivity contribution in [3.8, 4) is 0 Å². The number of halogens is 1. The van der Waals surface area contributed by atoms with E-state index in [9.17, 15) is 4.79 Å². The second-order valence-electron chi connectivity index (χ2n) is 4.14. The van der Waals surface area contributed by atoms with Crippen molar-refractivity contribution in [2.24, 2.45) is 0 Å². The van der Waals surface area contributed by atoms with Crippen molar-refractivity contribution in [2.45, 2.75) is 13.5 Å². The van der Waals surface area contributed by atoms with Gasteiger partial charge in [-0.2, -0.15) is 5.10 Å². The topological polar surface area (TPSA) is 65.1 Å². The van der Waals surface area contributed by atoms with Crippen molar-refractivity contribution < 1.29 is 0 Å². The molecule has 96 valence electrons. The fourth-order valence-electron chi connectivity index (χ4n) is 1.90. The maximum absolute atomic E-state index is 12.2. The maximum Gasteiger partial charge on any atom is 0.276 e.